The molecule has 0 spiro atoms. The second kappa shape index (κ2) is 7.50. The van der Waals surface area contributed by atoms with Crippen molar-refractivity contribution in [1.29, 1.82) is 0 Å². The molecule has 2 heterocycles. The molecule has 0 radical (unpaired) electrons. The van der Waals surface area contributed by atoms with Crippen LogP contribution in [0, 0.1) is 6.92 Å². The van der Waals surface area contributed by atoms with Crippen LogP contribution in [0.5, 0.6) is 0 Å². The summed E-state index contributed by atoms with van der Waals surface area (Å²) in [6.45, 7) is 1.79. The lowest BCUT2D eigenvalue weighted by Gasteiger charge is -2.13. The SMILES string of the molecule is Cc1ccc2c(c1)c1c(c(=O)n(-c3ccccc3)c(=O)n1CC(=O)c1ccccc1)n2C. The summed E-state index contributed by atoms with van der Waals surface area (Å²) < 4.78 is 4.38. The topological polar surface area (TPSA) is 66.0 Å². The molecule has 0 atom stereocenters. The molecular formula is C26H21N3O3. The molecule has 0 amide bonds. The van der Waals surface area contributed by atoms with Gasteiger partial charge in [-0.3, -0.25) is 14.2 Å². The molecule has 5 rings (SSSR count). The molecule has 0 saturated carbocycles. The van der Waals surface area contributed by atoms with Gasteiger partial charge in [-0.25, -0.2) is 9.36 Å². The Morgan fingerprint density at radius 1 is 0.844 bits per heavy atom. The minimum absolute atomic E-state index is 0.167. The van der Waals surface area contributed by atoms with E-state index < -0.39 is 11.2 Å². The summed E-state index contributed by atoms with van der Waals surface area (Å²) in [7, 11) is 1.81. The Kier molecular flexibility index (Phi) is 4.63. The van der Waals surface area contributed by atoms with Crippen molar-refractivity contribution in [2.75, 3.05) is 0 Å². The number of hydrogen-bond donors (Lipinski definition) is 0. The molecule has 5 aromatic rings. The number of para-hydroxylation sites is 1. The summed E-state index contributed by atoms with van der Waals surface area (Å²) in [6.07, 6.45) is 0. The lowest BCUT2D eigenvalue weighted by Crippen LogP contribution is -2.40. The Morgan fingerprint density at radius 3 is 2.19 bits per heavy atom. The number of rotatable bonds is 4. The first-order valence-corrected chi connectivity index (χ1v) is 10.4. The molecule has 0 aliphatic heterocycles. The highest BCUT2D eigenvalue weighted by Gasteiger charge is 2.22. The number of benzene rings is 3. The second-order valence-electron chi connectivity index (χ2n) is 7.91. The summed E-state index contributed by atoms with van der Waals surface area (Å²) in [5.41, 5.74) is 2.74. The van der Waals surface area contributed by atoms with Crippen LogP contribution in [0.2, 0.25) is 0 Å². The van der Waals surface area contributed by atoms with Crippen LogP contribution in [0.4, 0.5) is 0 Å². The molecule has 0 N–H and O–H groups in total. The van der Waals surface area contributed by atoms with Crippen molar-refractivity contribution in [3.8, 4) is 5.69 Å². The molecule has 0 saturated heterocycles. The first-order valence-electron chi connectivity index (χ1n) is 10.4. The number of nitrogens with zero attached hydrogens (tertiary/aromatic N) is 3. The monoisotopic (exact) mass is 423 g/mol. The number of aryl methyl sites for hydroxylation is 2. The van der Waals surface area contributed by atoms with E-state index in [0.29, 0.717) is 22.3 Å². The quantitative estimate of drug-likeness (QED) is 0.413. The number of fused-ring (bicyclic) bond motifs is 3. The van der Waals surface area contributed by atoms with E-state index in [0.717, 1.165) is 21.0 Å². The third-order valence-corrected chi connectivity index (χ3v) is 5.84. The zero-order chi connectivity index (χ0) is 22.4. The maximum atomic E-state index is 13.7. The van der Waals surface area contributed by atoms with Crippen molar-refractivity contribution >= 4 is 27.7 Å². The molecule has 158 valence electrons. The van der Waals surface area contributed by atoms with Crippen LogP contribution in [-0.4, -0.2) is 19.5 Å². The predicted molar refractivity (Wildman–Crippen MR) is 126 cm³/mol. The van der Waals surface area contributed by atoms with Crippen molar-refractivity contribution in [2.24, 2.45) is 7.05 Å². The van der Waals surface area contributed by atoms with Crippen LogP contribution >= 0.6 is 0 Å². The second-order valence-corrected chi connectivity index (χ2v) is 7.91. The van der Waals surface area contributed by atoms with Gasteiger partial charge in [-0.15, -0.1) is 0 Å². The van der Waals surface area contributed by atoms with Gasteiger partial charge in [0.2, 0.25) is 0 Å². The lowest BCUT2D eigenvalue weighted by atomic mass is 10.1. The number of ketones is 1. The summed E-state index contributed by atoms with van der Waals surface area (Å²) in [6, 6.07) is 23.5. The van der Waals surface area contributed by atoms with E-state index in [-0.39, 0.29) is 12.3 Å². The first kappa shape index (κ1) is 19.8. The van der Waals surface area contributed by atoms with E-state index in [1.165, 1.54) is 4.57 Å². The van der Waals surface area contributed by atoms with Crippen molar-refractivity contribution in [3.63, 3.8) is 0 Å². The molecule has 6 nitrogen and oxygen atoms in total. The highest BCUT2D eigenvalue weighted by molar-refractivity contribution is 6.07. The Bertz CT molecular complexity index is 1610. The fraction of sp³-hybridized carbons (Fsp3) is 0.115. The van der Waals surface area contributed by atoms with Crippen LogP contribution in [0.1, 0.15) is 15.9 Å². The number of carbonyl (C=O) groups is 1. The van der Waals surface area contributed by atoms with Crippen LogP contribution in [0.3, 0.4) is 0 Å². The molecule has 32 heavy (non-hydrogen) atoms. The predicted octanol–water partition coefficient (Wildman–Crippen LogP) is 3.84. The van der Waals surface area contributed by atoms with Gasteiger partial charge in [-0.2, -0.15) is 0 Å². The van der Waals surface area contributed by atoms with Gasteiger partial charge in [-0.05, 0) is 31.2 Å². The Hall–Kier alpha value is -4.19. The molecule has 3 aromatic carbocycles. The number of Topliss-reactive ketones (excluding diaryl/α,β-unsaturated/α-hetero) is 1. The lowest BCUT2D eigenvalue weighted by molar-refractivity contribution is 0.0971. The zero-order valence-electron chi connectivity index (χ0n) is 17.8. The van der Waals surface area contributed by atoms with Gasteiger partial charge >= 0.3 is 5.69 Å². The maximum absolute atomic E-state index is 13.7. The van der Waals surface area contributed by atoms with E-state index in [1.807, 2.05) is 44.3 Å². The van der Waals surface area contributed by atoms with E-state index in [1.54, 1.807) is 53.1 Å². The molecule has 2 aromatic heterocycles. The third kappa shape index (κ3) is 3.00. The average molecular weight is 423 g/mol. The van der Waals surface area contributed by atoms with Gasteiger partial charge in [0.15, 0.2) is 5.78 Å². The normalized spacial score (nSPS) is 11.3. The minimum atomic E-state index is -0.535. The molecule has 0 unspecified atom stereocenters. The largest absolute Gasteiger partial charge is 0.338 e. The van der Waals surface area contributed by atoms with Gasteiger partial charge in [0, 0.05) is 18.0 Å². The van der Waals surface area contributed by atoms with E-state index in [4.69, 9.17) is 0 Å². The maximum Gasteiger partial charge on any atom is 0.336 e. The smallest absolute Gasteiger partial charge is 0.336 e. The van der Waals surface area contributed by atoms with Crippen LogP contribution in [-0.2, 0) is 13.6 Å². The average Bonchev–Trinajstić information content (AvgIpc) is 3.09. The highest BCUT2D eigenvalue weighted by atomic mass is 16.2. The van der Waals surface area contributed by atoms with Crippen molar-refractivity contribution < 1.29 is 4.79 Å². The van der Waals surface area contributed by atoms with Gasteiger partial charge in [0.05, 0.1) is 23.3 Å². The Labute approximate surface area is 183 Å². The highest BCUT2D eigenvalue weighted by Crippen LogP contribution is 2.27. The van der Waals surface area contributed by atoms with Crippen LogP contribution in [0.25, 0.3) is 27.6 Å². The molecule has 0 aliphatic rings. The van der Waals surface area contributed by atoms with Gasteiger partial charge < -0.3 is 4.57 Å². The molecule has 0 bridgehead atoms. The van der Waals surface area contributed by atoms with Crippen molar-refractivity contribution in [2.45, 2.75) is 13.5 Å². The van der Waals surface area contributed by atoms with Crippen molar-refractivity contribution in [3.05, 3.63) is 111 Å². The summed E-state index contributed by atoms with van der Waals surface area (Å²) in [5, 5.41) is 0.776. The van der Waals surface area contributed by atoms with Gasteiger partial charge in [0.1, 0.15) is 5.52 Å². The number of aromatic nitrogens is 3. The zero-order valence-corrected chi connectivity index (χ0v) is 17.8. The molecule has 0 fully saturated rings. The fourth-order valence-corrected chi connectivity index (χ4v) is 4.28. The van der Waals surface area contributed by atoms with E-state index >= 15 is 0 Å². The Balaban J connectivity index is 1.90. The summed E-state index contributed by atoms with van der Waals surface area (Å²) >= 11 is 0. The molecule has 0 aliphatic carbocycles. The van der Waals surface area contributed by atoms with Gasteiger partial charge in [-0.1, -0.05) is 60.2 Å². The summed E-state index contributed by atoms with van der Waals surface area (Å²) in [4.78, 5) is 40.3. The number of carbonyl (C=O) groups excluding carboxylic acids is 1. The minimum Gasteiger partial charge on any atom is -0.338 e. The third-order valence-electron chi connectivity index (χ3n) is 5.84. The molecular weight excluding hydrogens is 402 g/mol. The van der Waals surface area contributed by atoms with Crippen LogP contribution in [0.15, 0.2) is 88.5 Å². The van der Waals surface area contributed by atoms with E-state index in [2.05, 4.69) is 0 Å². The number of hydrogen-bond acceptors (Lipinski definition) is 3. The Morgan fingerprint density at radius 2 is 1.50 bits per heavy atom. The van der Waals surface area contributed by atoms with E-state index in [9.17, 15) is 14.4 Å². The summed E-state index contributed by atoms with van der Waals surface area (Å²) in [5.74, 6) is -0.197. The fourth-order valence-electron chi connectivity index (χ4n) is 4.28. The molecule has 6 heteroatoms. The van der Waals surface area contributed by atoms with Gasteiger partial charge in [0.25, 0.3) is 5.56 Å². The van der Waals surface area contributed by atoms with Crippen molar-refractivity contribution in [1.82, 2.24) is 13.7 Å². The standard InChI is InChI=1S/C26H21N3O3/c1-17-13-14-21-20(15-17)23-24(27(21)2)25(31)29(19-11-7-4-8-12-19)26(32)28(23)16-22(30)18-9-5-3-6-10-18/h3-15H,16H2,1-2H3. The van der Waals surface area contributed by atoms with Crippen LogP contribution < -0.4 is 11.2 Å². The first-order chi connectivity index (χ1) is 15.5.